The number of nitrogens with one attached hydrogen (secondary N) is 1. The summed E-state index contributed by atoms with van der Waals surface area (Å²) in [5.41, 5.74) is 5.81. The summed E-state index contributed by atoms with van der Waals surface area (Å²) >= 11 is 0. The van der Waals surface area contributed by atoms with Crippen molar-refractivity contribution in [3.63, 3.8) is 0 Å². The van der Waals surface area contributed by atoms with E-state index in [4.69, 9.17) is 10.8 Å². The number of carboxylic acids is 1. The number of amides is 1. The van der Waals surface area contributed by atoms with Crippen LogP contribution in [-0.2, 0) is 9.59 Å². The third-order valence-electron chi connectivity index (χ3n) is 2.82. The Hall–Kier alpha value is -1.10. The van der Waals surface area contributed by atoms with Crippen molar-refractivity contribution < 1.29 is 14.7 Å². The number of aliphatic carboxylic acids is 1. The van der Waals surface area contributed by atoms with E-state index in [0.717, 1.165) is 12.8 Å². The van der Waals surface area contributed by atoms with Crippen molar-refractivity contribution in [2.75, 3.05) is 6.54 Å². The highest BCUT2D eigenvalue weighted by Crippen LogP contribution is 2.32. The smallest absolute Gasteiger partial charge is 0.303 e. The Morgan fingerprint density at radius 3 is 2.56 bits per heavy atom. The normalized spacial score (nSPS) is 18.9. The maximum absolute atomic E-state index is 11.4. The Morgan fingerprint density at radius 2 is 2.06 bits per heavy atom. The van der Waals surface area contributed by atoms with Gasteiger partial charge in [0.05, 0.1) is 0 Å². The molecule has 1 saturated carbocycles. The Kier molecular flexibility index (Phi) is 4.73. The minimum absolute atomic E-state index is 0.0326. The molecule has 4 N–H and O–H groups in total. The molecule has 1 fully saturated rings. The molecule has 2 atom stereocenters. The molecule has 5 nitrogen and oxygen atoms in total. The predicted molar refractivity (Wildman–Crippen MR) is 59.7 cm³/mol. The summed E-state index contributed by atoms with van der Waals surface area (Å²) in [6.07, 6.45) is 2.69. The van der Waals surface area contributed by atoms with E-state index in [1.807, 2.05) is 0 Å². The average Bonchev–Trinajstić information content (AvgIpc) is 2.96. The molecule has 0 aromatic heterocycles. The van der Waals surface area contributed by atoms with Gasteiger partial charge in [-0.05, 0) is 24.7 Å². The lowest BCUT2D eigenvalue weighted by molar-refractivity contribution is -0.138. The first-order valence-electron chi connectivity index (χ1n) is 5.73. The summed E-state index contributed by atoms with van der Waals surface area (Å²) in [5.74, 6) is -0.436. The average molecular weight is 228 g/mol. The predicted octanol–water partition coefficient (Wildman–Crippen LogP) is 0.341. The molecule has 1 aliphatic carbocycles. The van der Waals surface area contributed by atoms with Gasteiger partial charge in [0.1, 0.15) is 0 Å². The maximum atomic E-state index is 11.4. The van der Waals surface area contributed by atoms with E-state index in [0.29, 0.717) is 18.9 Å². The highest BCUT2D eigenvalue weighted by Gasteiger charge is 2.29. The molecule has 0 bridgehead atoms. The van der Waals surface area contributed by atoms with Crippen LogP contribution in [0.4, 0.5) is 0 Å². The number of carbonyl (C=O) groups is 2. The fourth-order valence-corrected chi connectivity index (χ4v) is 1.64. The van der Waals surface area contributed by atoms with Crippen molar-refractivity contribution in [1.29, 1.82) is 0 Å². The van der Waals surface area contributed by atoms with Crippen LogP contribution in [0.25, 0.3) is 0 Å². The lowest BCUT2D eigenvalue weighted by Crippen LogP contribution is -2.35. The SMILES string of the molecule is CC(CNC(=O)CC(N)C1CC1)CC(=O)O. The van der Waals surface area contributed by atoms with Gasteiger partial charge in [-0.3, -0.25) is 9.59 Å². The topological polar surface area (TPSA) is 92.4 Å². The molecule has 5 heteroatoms. The van der Waals surface area contributed by atoms with Crippen LogP contribution in [0.1, 0.15) is 32.6 Å². The molecule has 0 heterocycles. The number of carbonyl (C=O) groups excluding carboxylic acids is 1. The molecule has 92 valence electrons. The molecule has 16 heavy (non-hydrogen) atoms. The summed E-state index contributed by atoms with van der Waals surface area (Å²) in [5, 5.41) is 11.3. The van der Waals surface area contributed by atoms with Gasteiger partial charge in [0.2, 0.25) is 5.91 Å². The molecule has 0 aromatic rings. The van der Waals surface area contributed by atoms with Crippen LogP contribution in [0.15, 0.2) is 0 Å². The minimum atomic E-state index is -0.837. The molecule has 1 rings (SSSR count). The molecule has 0 saturated heterocycles. The monoisotopic (exact) mass is 228 g/mol. The summed E-state index contributed by atoms with van der Waals surface area (Å²) in [7, 11) is 0. The summed E-state index contributed by atoms with van der Waals surface area (Å²) in [6.45, 7) is 2.21. The molecule has 2 unspecified atom stereocenters. The fourth-order valence-electron chi connectivity index (χ4n) is 1.64. The quantitative estimate of drug-likeness (QED) is 0.586. The van der Waals surface area contributed by atoms with Crippen LogP contribution < -0.4 is 11.1 Å². The Balaban J connectivity index is 2.11. The first-order chi connectivity index (χ1) is 7.49. The molecular weight excluding hydrogens is 208 g/mol. The molecular formula is C11H20N2O3. The van der Waals surface area contributed by atoms with Gasteiger partial charge < -0.3 is 16.2 Å². The lowest BCUT2D eigenvalue weighted by Gasteiger charge is -2.13. The van der Waals surface area contributed by atoms with E-state index in [2.05, 4.69) is 5.32 Å². The second-order valence-electron chi connectivity index (χ2n) is 4.71. The van der Waals surface area contributed by atoms with Gasteiger partial charge in [0.25, 0.3) is 0 Å². The van der Waals surface area contributed by atoms with Crippen molar-refractivity contribution >= 4 is 11.9 Å². The van der Waals surface area contributed by atoms with E-state index in [-0.39, 0.29) is 24.3 Å². The summed E-state index contributed by atoms with van der Waals surface area (Å²) in [4.78, 5) is 21.8. The molecule has 1 amide bonds. The van der Waals surface area contributed by atoms with Crippen molar-refractivity contribution in [1.82, 2.24) is 5.32 Å². The van der Waals surface area contributed by atoms with Crippen molar-refractivity contribution in [3.05, 3.63) is 0 Å². The van der Waals surface area contributed by atoms with Crippen molar-refractivity contribution in [2.24, 2.45) is 17.6 Å². The molecule has 0 aromatic carbocycles. The first kappa shape index (κ1) is 13.0. The van der Waals surface area contributed by atoms with Crippen molar-refractivity contribution in [2.45, 2.75) is 38.6 Å². The Labute approximate surface area is 95.4 Å². The second kappa shape index (κ2) is 5.84. The van der Waals surface area contributed by atoms with Crippen LogP contribution in [0, 0.1) is 11.8 Å². The Bertz CT molecular complexity index is 264. The highest BCUT2D eigenvalue weighted by atomic mass is 16.4. The van der Waals surface area contributed by atoms with E-state index in [1.54, 1.807) is 6.92 Å². The zero-order valence-electron chi connectivity index (χ0n) is 9.61. The van der Waals surface area contributed by atoms with E-state index in [9.17, 15) is 9.59 Å². The second-order valence-corrected chi connectivity index (χ2v) is 4.71. The highest BCUT2D eigenvalue weighted by molar-refractivity contribution is 5.76. The zero-order chi connectivity index (χ0) is 12.1. The number of nitrogens with two attached hydrogens (primary N) is 1. The number of rotatable bonds is 7. The molecule has 0 radical (unpaired) electrons. The van der Waals surface area contributed by atoms with Gasteiger partial charge >= 0.3 is 5.97 Å². The Morgan fingerprint density at radius 1 is 1.44 bits per heavy atom. The number of hydrogen-bond acceptors (Lipinski definition) is 3. The van der Waals surface area contributed by atoms with E-state index in [1.165, 1.54) is 0 Å². The fraction of sp³-hybridized carbons (Fsp3) is 0.818. The lowest BCUT2D eigenvalue weighted by atomic mass is 10.1. The summed E-state index contributed by atoms with van der Waals surface area (Å²) < 4.78 is 0. The maximum Gasteiger partial charge on any atom is 0.303 e. The minimum Gasteiger partial charge on any atom is -0.481 e. The van der Waals surface area contributed by atoms with Crippen LogP contribution in [-0.4, -0.2) is 29.6 Å². The van der Waals surface area contributed by atoms with Gasteiger partial charge in [-0.15, -0.1) is 0 Å². The van der Waals surface area contributed by atoms with Crippen LogP contribution in [0.3, 0.4) is 0 Å². The molecule has 1 aliphatic rings. The summed E-state index contributed by atoms with van der Waals surface area (Å²) in [6, 6.07) is -0.0326. The number of carboxylic acid groups (broad SMARTS) is 1. The first-order valence-corrected chi connectivity index (χ1v) is 5.73. The van der Waals surface area contributed by atoms with Gasteiger partial charge in [-0.25, -0.2) is 0 Å². The van der Waals surface area contributed by atoms with E-state index >= 15 is 0 Å². The van der Waals surface area contributed by atoms with Crippen LogP contribution >= 0.6 is 0 Å². The van der Waals surface area contributed by atoms with Crippen LogP contribution in [0.2, 0.25) is 0 Å². The number of hydrogen-bond donors (Lipinski definition) is 3. The van der Waals surface area contributed by atoms with Crippen molar-refractivity contribution in [3.8, 4) is 0 Å². The third-order valence-corrected chi connectivity index (χ3v) is 2.82. The molecule has 0 spiro atoms. The third kappa shape index (κ3) is 5.11. The van der Waals surface area contributed by atoms with Gasteiger partial charge in [-0.1, -0.05) is 6.92 Å². The van der Waals surface area contributed by atoms with Gasteiger partial charge in [0, 0.05) is 25.4 Å². The standard InChI is InChI=1S/C11H20N2O3/c1-7(4-11(15)16)6-13-10(14)5-9(12)8-2-3-8/h7-9H,2-6,12H2,1H3,(H,13,14)(H,15,16). The zero-order valence-corrected chi connectivity index (χ0v) is 9.61. The van der Waals surface area contributed by atoms with Crippen LogP contribution in [0.5, 0.6) is 0 Å². The largest absolute Gasteiger partial charge is 0.481 e. The van der Waals surface area contributed by atoms with E-state index < -0.39 is 5.97 Å². The van der Waals surface area contributed by atoms with Gasteiger partial charge in [-0.2, -0.15) is 0 Å². The molecule has 0 aliphatic heterocycles. The van der Waals surface area contributed by atoms with Gasteiger partial charge in [0.15, 0.2) is 0 Å².